The molecule has 8 heteroatoms. The van der Waals surface area contributed by atoms with E-state index in [4.69, 9.17) is 0 Å². The summed E-state index contributed by atoms with van der Waals surface area (Å²) in [6.07, 6.45) is 0. The van der Waals surface area contributed by atoms with Gasteiger partial charge in [-0.2, -0.15) is 0 Å². The van der Waals surface area contributed by atoms with Gasteiger partial charge in [0.1, 0.15) is 5.69 Å². The first-order valence-electron chi connectivity index (χ1n) is 3.06. The van der Waals surface area contributed by atoms with Crippen LogP contribution in [0.5, 0.6) is 0 Å². The van der Waals surface area contributed by atoms with Crippen LogP contribution in [0.3, 0.4) is 0 Å². The number of hydrogen-bond acceptors (Lipinski definition) is 2. The molecule has 0 unspecified atom stereocenters. The summed E-state index contributed by atoms with van der Waals surface area (Å²) in [5.74, 6) is 0. The molecular formula is C6H3Br3N2NaO2+. The number of nitrogens with one attached hydrogen (secondary N) is 1. The van der Waals surface area contributed by atoms with Gasteiger partial charge in [0.2, 0.25) is 0 Å². The molecular weight excluding hydrogens is 395 g/mol. The Morgan fingerprint density at radius 3 is 2.00 bits per heavy atom. The summed E-state index contributed by atoms with van der Waals surface area (Å²) in [7, 11) is 0. The normalized spacial score (nSPS) is 9.07. The maximum atomic E-state index is 10.2. The number of hydrazine groups is 1. The van der Waals surface area contributed by atoms with Crippen LogP contribution in [-0.2, 0) is 0 Å². The Morgan fingerprint density at radius 1 is 1.21 bits per heavy atom. The summed E-state index contributed by atoms with van der Waals surface area (Å²) in [6.45, 7) is 0. The van der Waals surface area contributed by atoms with Crippen molar-refractivity contribution in [3.05, 3.63) is 35.7 Å². The van der Waals surface area contributed by atoms with Gasteiger partial charge in [0.05, 0.1) is 0 Å². The summed E-state index contributed by atoms with van der Waals surface area (Å²) in [5, 5.41) is 9.59. The van der Waals surface area contributed by atoms with Crippen molar-refractivity contribution in [2.75, 3.05) is 5.43 Å². The smallest absolute Gasteiger partial charge is 0.235 e. The molecule has 4 nitrogen and oxygen atoms in total. The molecule has 1 aromatic carbocycles. The van der Waals surface area contributed by atoms with Crippen LogP contribution in [0, 0.1) is 10.1 Å². The maximum absolute atomic E-state index is 10.2. The van der Waals surface area contributed by atoms with E-state index in [1.807, 2.05) is 0 Å². The van der Waals surface area contributed by atoms with Gasteiger partial charge in [-0.05, 0) is 44.0 Å². The number of nitro groups is 1. The molecule has 0 aliphatic heterocycles. The summed E-state index contributed by atoms with van der Waals surface area (Å²) in [4.78, 5) is 10.2. The Morgan fingerprint density at radius 2 is 1.64 bits per heavy atom. The molecule has 1 N–H and O–H groups in total. The standard InChI is InChI=1S/C6H3Br3N2O2.Na/c7-3-1-4(8)6(5(9)2-3)10-11(12)13;/h1-2,10H;/q;+1. The van der Waals surface area contributed by atoms with Gasteiger partial charge in [0.15, 0.2) is 5.03 Å². The number of halogens is 3. The van der Waals surface area contributed by atoms with E-state index in [1.165, 1.54) is 0 Å². The first-order valence-corrected chi connectivity index (χ1v) is 5.44. The third kappa shape index (κ3) is 4.16. The predicted molar refractivity (Wildman–Crippen MR) is 60.2 cm³/mol. The minimum Gasteiger partial charge on any atom is -0.235 e. The van der Waals surface area contributed by atoms with Gasteiger partial charge in [-0.15, -0.1) is 5.43 Å². The quantitative estimate of drug-likeness (QED) is 0.451. The van der Waals surface area contributed by atoms with Gasteiger partial charge in [0, 0.05) is 13.4 Å². The Labute approximate surface area is 128 Å². The van der Waals surface area contributed by atoms with E-state index in [2.05, 4.69) is 53.2 Å². The van der Waals surface area contributed by atoms with Crippen LogP contribution in [0.25, 0.3) is 0 Å². The molecule has 70 valence electrons. The molecule has 1 rings (SSSR count). The van der Waals surface area contributed by atoms with E-state index >= 15 is 0 Å². The minimum absolute atomic E-state index is 0. The van der Waals surface area contributed by atoms with E-state index in [0.29, 0.717) is 14.6 Å². The van der Waals surface area contributed by atoms with Crippen molar-refractivity contribution in [3.63, 3.8) is 0 Å². The average Bonchev–Trinajstić information content (AvgIpc) is 1.96. The first-order chi connectivity index (χ1) is 6.00. The van der Waals surface area contributed by atoms with Crippen LogP contribution < -0.4 is 35.0 Å². The van der Waals surface area contributed by atoms with E-state index in [-0.39, 0.29) is 29.6 Å². The van der Waals surface area contributed by atoms with Crippen LogP contribution in [0.15, 0.2) is 25.6 Å². The van der Waals surface area contributed by atoms with Crippen LogP contribution in [0.1, 0.15) is 0 Å². The topological polar surface area (TPSA) is 55.2 Å². The first kappa shape index (κ1) is 14.9. The second kappa shape index (κ2) is 6.44. The van der Waals surface area contributed by atoms with Crippen LogP contribution in [-0.4, -0.2) is 5.03 Å². The predicted octanol–water partition coefficient (Wildman–Crippen LogP) is 0.582. The number of benzene rings is 1. The second-order valence-electron chi connectivity index (χ2n) is 2.11. The number of anilines is 1. The fourth-order valence-electron chi connectivity index (χ4n) is 0.740. The molecule has 14 heavy (non-hydrogen) atoms. The molecule has 0 fully saturated rings. The number of hydrogen-bond donors (Lipinski definition) is 1. The Balaban J connectivity index is 0.00000169. The maximum Gasteiger partial charge on any atom is 1.00 e. The summed E-state index contributed by atoms with van der Waals surface area (Å²) >= 11 is 9.65. The van der Waals surface area contributed by atoms with Crippen molar-refractivity contribution in [2.24, 2.45) is 0 Å². The van der Waals surface area contributed by atoms with E-state index in [1.54, 1.807) is 12.1 Å². The Kier molecular flexibility index (Phi) is 6.84. The zero-order chi connectivity index (χ0) is 10.0. The summed E-state index contributed by atoms with van der Waals surface area (Å²) < 4.78 is 2.07. The minimum atomic E-state index is -0.612. The monoisotopic (exact) mass is 395 g/mol. The third-order valence-electron chi connectivity index (χ3n) is 1.21. The van der Waals surface area contributed by atoms with Gasteiger partial charge < -0.3 is 0 Å². The fourth-order valence-corrected chi connectivity index (χ4v) is 3.18. The zero-order valence-electron chi connectivity index (χ0n) is 7.05. The van der Waals surface area contributed by atoms with Crippen molar-refractivity contribution in [3.8, 4) is 0 Å². The Bertz CT molecular complexity index is 338. The molecule has 0 aliphatic rings. The largest absolute Gasteiger partial charge is 1.00 e. The van der Waals surface area contributed by atoms with Crippen LogP contribution in [0.2, 0.25) is 0 Å². The third-order valence-corrected chi connectivity index (χ3v) is 2.92. The molecule has 0 atom stereocenters. The molecule has 0 heterocycles. The van der Waals surface area contributed by atoms with Gasteiger partial charge in [-0.25, -0.2) is 10.1 Å². The molecule has 0 bridgehead atoms. The van der Waals surface area contributed by atoms with E-state index < -0.39 is 5.03 Å². The molecule has 0 amide bonds. The average molecular weight is 398 g/mol. The van der Waals surface area contributed by atoms with Gasteiger partial charge in [0.25, 0.3) is 0 Å². The molecule has 0 saturated carbocycles. The number of rotatable bonds is 2. The molecule has 0 aromatic heterocycles. The van der Waals surface area contributed by atoms with Crippen molar-refractivity contribution >= 4 is 53.5 Å². The molecule has 0 aliphatic carbocycles. The van der Waals surface area contributed by atoms with E-state index in [9.17, 15) is 10.1 Å². The van der Waals surface area contributed by atoms with Gasteiger partial charge in [-0.1, -0.05) is 15.9 Å². The molecule has 1 aromatic rings. The van der Waals surface area contributed by atoms with Crippen molar-refractivity contribution in [1.29, 1.82) is 0 Å². The van der Waals surface area contributed by atoms with Crippen LogP contribution in [0.4, 0.5) is 5.69 Å². The fraction of sp³-hybridized carbons (Fsp3) is 0. The van der Waals surface area contributed by atoms with E-state index in [0.717, 1.165) is 4.47 Å². The Hall–Kier alpha value is 0.860. The number of nitrogens with zero attached hydrogens (tertiary/aromatic N) is 1. The van der Waals surface area contributed by atoms with Crippen molar-refractivity contribution in [1.82, 2.24) is 0 Å². The van der Waals surface area contributed by atoms with Gasteiger partial charge in [-0.3, -0.25) is 0 Å². The van der Waals surface area contributed by atoms with Crippen molar-refractivity contribution < 1.29 is 34.6 Å². The van der Waals surface area contributed by atoms with Crippen molar-refractivity contribution in [2.45, 2.75) is 0 Å². The molecule has 0 radical (unpaired) electrons. The second-order valence-corrected chi connectivity index (χ2v) is 4.74. The van der Waals surface area contributed by atoms with Crippen LogP contribution >= 0.6 is 47.8 Å². The summed E-state index contributed by atoms with van der Waals surface area (Å²) in [5.41, 5.74) is 2.47. The zero-order valence-corrected chi connectivity index (χ0v) is 13.8. The van der Waals surface area contributed by atoms with Gasteiger partial charge >= 0.3 is 29.6 Å². The summed E-state index contributed by atoms with van der Waals surface area (Å²) in [6, 6.07) is 3.44. The molecule has 0 spiro atoms. The molecule has 0 saturated heterocycles. The SMILES string of the molecule is O=[N+]([O-])Nc1c(Br)cc(Br)cc1Br.[Na+].